The van der Waals surface area contributed by atoms with Crippen LogP contribution in [-0.2, 0) is 0 Å². The Bertz CT molecular complexity index is 492. The highest BCUT2D eigenvalue weighted by atomic mass is 35.5. The quantitative estimate of drug-likeness (QED) is 0.612. The van der Waals surface area contributed by atoms with Crippen molar-refractivity contribution in [3.63, 3.8) is 0 Å². The van der Waals surface area contributed by atoms with E-state index in [4.69, 9.17) is 22.0 Å². The van der Waals surface area contributed by atoms with E-state index in [0.29, 0.717) is 0 Å². The smallest absolute Gasteiger partial charge is 0.338 e. The predicted molar refractivity (Wildman–Crippen MR) is 49.8 cm³/mol. The Labute approximate surface area is 88.5 Å². The molecule has 0 spiro atoms. The summed E-state index contributed by atoms with van der Waals surface area (Å²) >= 11 is 5.52. The van der Waals surface area contributed by atoms with Crippen LogP contribution in [0.4, 0.5) is 5.69 Å². The van der Waals surface area contributed by atoms with Gasteiger partial charge in [-0.2, -0.15) is 5.26 Å². The second kappa shape index (κ2) is 3.94. The summed E-state index contributed by atoms with van der Waals surface area (Å²) in [6, 6.07) is 3.31. The van der Waals surface area contributed by atoms with Crippen LogP contribution in [0.15, 0.2) is 12.1 Å². The van der Waals surface area contributed by atoms with Gasteiger partial charge in [-0.15, -0.1) is 0 Å². The van der Waals surface area contributed by atoms with Crippen molar-refractivity contribution in [3.8, 4) is 6.07 Å². The van der Waals surface area contributed by atoms with Crippen LogP contribution in [0, 0.1) is 21.4 Å². The van der Waals surface area contributed by atoms with Gasteiger partial charge < -0.3 is 5.11 Å². The Kier molecular flexibility index (Phi) is 2.87. The van der Waals surface area contributed by atoms with Gasteiger partial charge in [0.1, 0.15) is 6.07 Å². The number of halogens is 1. The van der Waals surface area contributed by atoms with Gasteiger partial charge in [-0.3, -0.25) is 10.1 Å². The first kappa shape index (κ1) is 10.9. The molecule has 0 unspecified atom stereocenters. The molecule has 1 aromatic rings. The first-order valence-electron chi connectivity index (χ1n) is 3.58. The zero-order valence-electron chi connectivity index (χ0n) is 7.10. The van der Waals surface area contributed by atoms with Gasteiger partial charge in [-0.1, -0.05) is 11.6 Å². The number of carboxylic acids is 1. The van der Waals surface area contributed by atoms with E-state index in [-0.39, 0.29) is 10.6 Å². The molecule has 0 atom stereocenters. The van der Waals surface area contributed by atoms with E-state index in [1.54, 1.807) is 6.07 Å². The molecule has 0 amide bonds. The van der Waals surface area contributed by atoms with Crippen LogP contribution in [-0.4, -0.2) is 16.0 Å². The van der Waals surface area contributed by atoms with Crippen LogP contribution in [0.5, 0.6) is 0 Å². The standard InChI is InChI=1S/C8H3ClN2O4/c9-6-2-5(11(14)15)1-4(3-10)7(6)8(12)13/h1-2H,(H,12,13). The number of nitrogens with zero attached hydrogens (tertiary/aromatic N) is 2. The fraction of sp³-hybridized carbons (Fsp3) is 0. The monoisotopic (exact) mass is 226 g/mol. The number of nitriles is 1. The third-order valence-electron chi connectivity index (χ3n) is 1.62. The number of nitro groups is 1. The SMILES string of the molecule is N#Cc1cc([N+](=O)[O-])cc(Cl)c1C(=O)O. The Balaban J connectivity index is 3.53. The second-order valence-electron chi connectivity index (χ2n) is 2.52. The highest BCUT2D eigenvalue weighted by Gasteiger charge is 2.19. The number of nitro benzene ring substituents is 1. The molecule has 7 heteroatoms. The van der Waals surface area contributed by atoms with E-state index in [9.17, 15) is 14.9 Å². The van der Waals surface area contributed by atoms with E-state index >= 15 is 0 Å². The fourth-order valence-corrected chi connectivity index (χ4v) is 1.30. The summed E-state index contributed by atoms with van der Waals surface area (Å²) in [6.45, 7) is 0. The van der Waals surface area contributed by atoms with Gasteiger partial charge in [0, 0.05) is 12.1 Å². The minimum absolute atomic E-state index is 0.326. The number of rotatable bonds is 2. The number of hydrogen-bond donors (Lipinski definition) is 1. The average Bonchev–Trinajstić information content (AvgIpc) is 2.15. The van der Waals surface area contributed by atoms with E-state index in [1.807, 2.05) is 0 Å². The molecule has 0 aliphatic rings. The van der Waals surface area contributed by atoms with Crippen molar-refractivity contribution in [1.82, 2.24) is 0 Å². The normalized spacial score (nSPS) is 9.33. The lowest BCUT2D eigenvalue weighted by atomic mass is 10.1. The van der Waals surface area contributed by atoms with Crippen LogP contribution in [0.2, 0.25) is 5.02 Å². The maximum atomic E-state index is 10.7. The second-order valence-corrected chi connectivity index (χ2v) is 2.93. The van der Waals surface area contributed by atoms with Crippen molar-refractivity contribution < 1.29 is 14.8 Å². The van der Waals surface area contributed by atoms with Gasteiger partial charge >= 0.3 is 5.97 Å². The van der Waals surface area contributed by atoms with E-state index in [2.05, 4.69) is 0 Å². The van der Waals surface area contributed by atoms with Crippen LogP contribution in [0.25, 0.3) is 0 Å². The molecule has 0 heterocycles. The largest absolute Gasteiger partial charge is 0.478 e. The highest BCUT2D eigenvalue weighted by Crippen LogP contribution is 2.26. The van der Waals surface area contributed by atoms with Crippen molar-refractivity contribution in [2.45, 2.75) is 0 Å². The molecule has 0 aromatic heterocycles. The molecule has 0 fully saturated rings. The zero-order valence-corrected chi connectivity index (χ0v) is 7.85. The topological polar surface area (TPSA) is 104 Å². The number of carbonyl (C=O) groups is 1. The van der Waals surface area contributed by atoms with Gasteiger partial charge in [-0.25, -0.2) is 4.79 Å². The van der Waals surface area contributed by atoms with Crippen LogP contribution >= 0.6 is 11.6 Å². The van der Waals surface area contributed by atoms with E-state index < -0.39 is 22.1 Å². The Morgan fingerprint density at radius 3 is 2.60 bits per heavy atom. The number of non-ortho nitro benzene ring substituents is 1. The molecule has 0 bridgehead atoms. The summed E-state index contributed by atoms with van der Waals surface area (Å²) in [7, 11) is 0. The van der Waals surface area contributed by atoms with Gasteiger partial charge in [0.15, 0.2) is 0 Å². The van der Waals surface area contributed by atoms with Crippen molar-refractivity contribution in [2.24, 2.45) is 0 Å². The van der Waals surface area contributed by atoms with Crippen molar-refractivity contribution in [2.75, 3.05) is 0 Å². The molecule has 1 N–H and O–H groups in total. The first-order chi connectivity index (χ1) is 6.97. The number of hydrogen-bond acceptors (Lipinski definition) is 4. The average molecular weight is 227 g/mol. The lowest BCUT2D eigenvalue weighted by Gasteiger charge is -2.00. The van der Waals surface area contributed by atoms with Crippen LogP contribution in [0.1, 0.15) is 15.9 Å². The molecule has 1 aromatic carbocycles. The molecular formula is C8H3ClN2O4. The zero-order chi connectivity index (χ0) is 11.6. The fourth-order valence-electron chi connectivity index (χ4n) is 1.00. The first-order valence-corrected chi connectivity index (χ1v) is 3.96. The van der Waals surface area contributed by atoms with Crippen LogP contribution < -0.4 is 0 Å². The van der Waals surface area contributed by atoms with Gasteiger partial charge in [-0.05, 0) is 0 Å². The summed E-state index contributed by atoms with van der Waals surface area (Å²) < 4.78 is 0. The maximum absolute atomic E-state index is 10.7. The van der Waals surface area contributed by atoms with Gasteiger partial charge in [0.25, 0.3) is 5.69 Å². The van der Waals surface area contributed by atoms with Gasteiger partial charge in [0.05, 0.1) is 21.1 Å². The lowest BCUT2D eigenvalue weighted by Crippen LogP contribution is -2.02. The summed E-state index contributed by atoms with van der Waals surface area (Å²) in [5.41, 5.74) is -1.17. The Hall–Kier alpha value is -2.13. The lowest BCUT2D eigenvalue weighted by molar-refractivity contribution is -0.384. The van der Waals surface area contributed by atoms with Crippen molar-refractivity contribution in [3.05, 3.63) is 38.4 Å². The van der Waals surface area contributed by atoms with Crippen LogP contribution in [0.3, 0.4) is 0 Å². The minimum Gasteiger partial charge on any atom is -0.478 e. The maximum Gasteiger partial charge on any atom is 0.338 e. The highest BCUT2D eigenvalue weighted by molar-refractivity contribution is 6.34. The molecule has 15 heavy (non-hydrogen) atoms. The van der Waals surface area contributed by atoms with E-state index in [0.717, 1.165) is 12.1 Å². The Morgan fingerprint density at radius 1 is 1.60 bits per heavy atom. The molecular weight excluding hydrogens is 224 g/mol. The summed E-state index contributed by atoms with van der Waals surface area (Å²) in [5, 5.41) is 27.4. The molecule has 1 rings (SSSR count). The molecule has 0 radical (unpaired) electrons. The number of carboxylic acid groups (broad SMARTS) is 1. The minimum atomic E-state index is -1.40. The number of aromatic carboxylic acids is 1. The van der Waals surface area contributed by atoms with E-state index in [1.165, 1.54) is 0 Å². The third kappa shape index (κ3) is 2.03. The summed E-state index contributed by atoms with van der Waals surface area (Å²) in [6.07, 6.45) is 0. The van der Waals surface area contributed by atoms with Crippen molar-refractivity contribution in [1.29, 1.82) is 5.26 Å². The van der Waals surface area contributed by atoms with Gasteiger partial charge in [0.2, 0.25) is 0 Å². The molecule has 76 valence electrons. The molecule has 0 saturated carbocycles. The molecule has 0 aliphatic heterocycles. The Morgan fingerprint density at radius 2 is 2.20 bits per heavy atom. The van der Waals surface area contributed by atoms with Crippen molar-refractivity contribution >= 4 is 23.3 Å². The number of benzene rings is 1. The molecule has 0 saturated heterocycles. The summed E-state index contributed by atoms with van der Waals surface area (Å²) in [4.78, 5) is 20.3. The molecule has 0 aliphatic carbocycles. The molecule has 6 nitrogen and oxygen atoms in total. The summed E-state index contributed by atoms with van der Waals surface area (Å²) in [5.74, 6) is -1.40. The third-order valence-corrected chi connectivity index (χ3v) is 1.92. The predicted octanol–water partition coefficient (Wildman–Crippen LogP) is 1.82.